The lowest BCUT2D eigenvalue weighted by atomic mass is 9.88. The second-order valence-electron chi connectivity index (χ2n) is 10.6. The monoisotopic (exact) mass is 535 g/mol. The first kappa shape index (κ1) is 33.1. The van der Waals surface area contributed by atoms with Crippen molar-refractivity contribution < 1.29 is 38.1 Å². The van der Waals surface area contributed by atoms with Gasteiger partial charge in [-0.05, 0) is 48.8 Å². The van der Waals surface area contributed by atoms with Crippen molar-refractivity contribution in [3.8, 4) is 11.5 Å². The third-order valence-electron chi connectivity index (χ3n) is 6.23. The normalized spacial score (nSPS) is 13.5. The largest absolute Gasteiger partial charge is 0.468 e. The van der Waals surface area contributed by atoms with Gasteiger partial charge in [0.15, 0.2) is 11.5 Å². The molecule has 0 bridgehead atoms. The van der Waals surface area contributed by atoms with Crippen molar-refractivity contribution in [2.75, 3.05) is 13.7 Å². The molecular weight excluding hydrogens is 490 g/mol. The van der Waals surface area contributed by atoms with Crippen molar-refractivity contribution in [2.24, 2.45) is 23.5 Å². The number of benzene rings is 1. The Morgan fingerprint density at radius 2 is 1.45 bits per heavy atom. The molecule has 2 N–H and O–H groups in total. The molecule has 0 saturated heterocycles. The summed E-state index contributed by atoms with van der Waals surface area (Å²) in [5, 5.41) is 0. The maximum Gasteiger partial charge on any atom is 0.326 e. The highest BCUT2D eigenvalue weighted by Gasteiger charge is 2.36. The Hall–Kier alpha value is -2.94. The summed E-state index contributed by atoms with van der Waals surface area (Å²) >= 11 is 0. The van der Waals surface area contributed by atoms with Crippen LogP contribution in [0.2, 0.25) is 0 Å². The number of rotatable bonds is 16. The van der Waals surface area contributed by atoms with Gasteiger partial charge in [0.1, 0.15) is 5.54 Å². The predicted octanol–water partition coefficient (Wildman–Crippen LogP) is 4.76. The Morgan fingerprint density at radius 3 is 1.95 bits per heavy atom. The van der Waals surface area contributed by atoms with Crippen LogP contribution >= 0.6 is 0 Å². The molecule has 0 aromatic heterocycles. The van der Waals surface area contributed by atoms with Gasteiger partial charge in [-0.3, -0.25) is 19.2 Å². The van der Waals surface area contributed by atoms with E-state index in [0.717, 1.165) is 0 Å². The van der Waals surface area contributed by atoms with E-state index in [1.165, 1.54) is 19.2 Å². The highest BCUT2D eigenvalue weighted by Crippen LogP contribution is 2.31. The number of nitrogens with two attached hydrogens (primary N) is 1. The number of carbonyl (C=O) groups excluding carboxylic acids is 4. The van der Waals surface area contributed by atoms with Gasteiger partial charge in [0.2, 0.25) is 0 Å². The first-order valence-corrected chi connectivity index (χ1v) is 13.4. The van der Waals surface area contributed by atoms with Crippen LogP contribution in [-0.4, -0.2) is 43.1 Å². The molecule has 0 fully saturated rings. The summed E-state index contributed by atoms with van der Waals surface area (Å²) in [7, 11) is 1.23. The molecule has 2 atom stereocenters. The Labute approximate surface area is 226 Å². The Morgan fingerprint density at radius 1 is 0.895 bits per heavy atom. The third kappa shape index (κ3) is 11.6. The number of carbonyl (C=O) groups is 4. The Balaban J connectivity index is 3.16. The van der Waals surface area contributed by atoms with Crippen molar-refractivity contribution in [1.82, 2.24) is 0 Å². The van der Waals surface area contributed by atoms with Crippen molar-refractivity contribution in [3.05, 3.63) is 23.8 Å². The van der Waals surface area contributed by atoms with Crippen molar-refractivity contribution in [2.45, 2.75) is 92.0 Å². The molecule has 0 spiro atoms. The SMILES string of the molecule is CCC(C)C(=O)OCC[C@@](N)(Cc1ccc(OC(=O)CCC(C)C)c(OC(=O)CCC(C)C)c1)C(=O)OC. The molecule has 214 valence electrons. The van der Waals surface area contributed by atoms with E-state index in [4.69, 9.17) is 24.7 Å². The smallest absolute Gasteiger partial charge is 0.326 e. The van der Waals surface area contributed by atoms with Gasteiger partial charge in [-0.25, -0.2) is 0 Å². The highest BCUT2D eigenvalue weighted by atomic mass is 16.6. The fourth-order valence-corrected chi connectivity index (χ4v) is 3.46. The number of methoxy groups -OCH3 is 1. The lowest BCUT2D eigenvalue weighted by molar-refractivity contribution is -0.153. The van der Waals surface area contributed by atoms with E-state index < -0.39 is 23.4 Å². The lowest BCUT2D eigenvalue weighted by Gasteiger charge is -2.27. The van der Waals surface area contributed by atoms with Crippen LogP contribution in [0.1, 0.15) is 85.6 Å². The van der Waals surface area contributed by atoms with Crippen LogP contribution in [0.5, 0.6) is 11.5 Å². The van der Waals surface area contributed by atoms with E-state index in [-0.39, 0.29) is 55.7 Å². The van der Waals surface area contributed by atoms with Crippen LogP contribution in [0.25, 0.3) is 0 Å². The maximum absolute atomic E-state index is 12.6. The molecule has 0 radical (unpaired) electrons. The summed E-state index contributed by atoms with van der Waals surface area (Å²) < 4.78 is 21.3. The van der Waals surface area contributed by atoms with Gasteiger partial charge in [0.05, 0.1) is 19.6 Å². The zero-order chi connectivity index (χ0) is 28.9. The maximum atomic E-state index is 12.6. The molecule has 1 unspecified atom stereocenters. The quantitative estimate of drug-likeness (QED) is 0.235. The minimum atomic E-state index is -1.50. The van der Waals surface area contributed by atoms with Crippen molar-refractivity contribution in [1.29, 1.82) is 0 Å². The van der Waals surface area contributed by atoms with Gasteiger partial charge < -0.3 is 24.7 Å². The van der Waals surface area contributed by atoms with Crippen LogP contribution in [0.3, 0.4) is 0 Å². The van der Waals surface area contributed by atoms with E-state index in [1.807, 2.05) is 34.6 Å². The van der Waals surface area contributed by atoms with E-state index in [2.05, 4.69) is 0 Å². The summed E-state index contributed by atoms with van der Waals surface area (Å²) in [5.74, 6) is -1.35. The number of ether oxygens (including phenoxy) is 4. The second kappa shape index (κ2) is 16.1. The summed E-state index contributed by atoms with van der Waals surface area (Å²) in [6.45, 7) is 11.6. The zero-order valence-electron chi connectivity index (χ0n) is 24.0. The average Bonchev–Trinajstić information content (AvgIpc) is 2.86. The topological polar surface area (TPSA) is 131 Å². The van der Waals surface area contributed by atoms with Crippen LogP contribution in [-0.2, 0) is 35.1 Å². The van der Waals surface area contributed by atoms with Gasteiger partial charge in [0, 0.05) is 25.7 Å². The zero-order valence-corrected chi connectivity index (χ0v) is 24.0. The molecule has 1 aromatic carbocycles. The Bertz CT molecular complexity index is 943. The number of hydrogen-bond donors (Lipinski definition) is 1. The summed E-state index contributed by atoms with van der Waals surface area (Å²) in [5.41, 5.74) is 5.49. The molecule has 0 aliphatic heterocycles. The summed E-state index contributed by atoms with van der Waals surface area (Å²) in [6, 6.07) is 4.70. The fraction of sp³-hybridized carbons (Fsp3) is 0.655. The predicted molar refractivity (Wildman–Crippen MR) is 144 cm³/mol. The number of esters is 4. The van der Waals surface area contributed by atoms with Crippen LogP contribution in [0.4, 0.5) is 0 Å². The molecule has 0 amide bonds. The van der Waals surface area contributed by atoms with E-state index in [0.29, 0.717) is 36.7 Å². The standard InChI is InChI=1S/C29H45NO8/c1-8-21(6)27(33)36-16-15-29(30,28(34)35-7)18-22-11-12-23(37-25(31)13-9-19(2)3)24(17-22)38-26(32)14-10-20(4)5/h11-12,17,19-21H,8-10,13-16,18,30H2,1-7H3/t21?,29-/m1/s1. The molecule has 0 aliphatic carbocycles. The van der Waals surface area contributed by atoms with Crippen molar-refractivity contribution >= 4 is 23.9 Å². The van der Waals surface area contributed by atoms with Crippen LogP contribution in [0, 0.1) is 17.8 Å². The molecule has 1 aromatic rings. The van der Waals surface area contributed by atoms with Gasteiger partial charge in [-0.15, -0.1) is 0 Å². The third-order valence-corrected chi connectivity index (χ3v) is 6.23. The minimum Gasteiger partial charge on any atom is -0.468 e. The Kier molecular flexibility index (Phi) is 14.0. The first-order chi connectivity index (χ1) is 17.8. The molecule has 0 aliphatic rings. The summed E-state index contributed by atoms with van der Waals surface area (Å²) in [6.07, 6.45) is 2.41. The molecule has 9 heteroatoms. The van der Waals surface area contributed by atoms with E-state index in [1.54, 1.807) is 13.0 Å². The molecule has 38 heavy (non-hydrogen) atoms. The minimum absolute atomic E-state index is 0.0126. The highest BCUT2D eigenvalue weighted by molar-refractivity contribution is 5.81. The lowest BCUT2D eigenvalue weighted by Crippen LogP contribution is -2.51. The number of hydrogen-bond acceptors (Lipinski definition) is 9. The molecule has 1 rings (SSSR count). The molecule has 9 nitrogen and oxygen atoms in total. The van der Waals surface area contributed by atoms with E-state index in [9.17, 15) is 19.2 Å². The molecule has 0 saturated carbocycles. The first-order valence-electron chi connectivity index (χ1n) is 13.4. The fourth-order valence-electron chi connectivity index (χ4n) is 3.46. The molecule has 0 heterocycles. The van der Waals surface area contributed by atoms with Crippen LogP contribution < -0.4 is 15.2 Å². The second-order valence-corrected chi connectivity index (χ2v) is 10.6. The summed E-state index contributed by atoms with van der Waals surface area (Å²) in [4.78, 5) is 49.5. The van der Waals surface area contributed by atoms with Gasteiger partial charge >= 0.3 is 23.9 Å². The molecular formula is C29H45NO8. The van der Waals surface area contributed by atoms with Gasteiger partial charge in [0.25, 0.3) is 0 Å². The van der Waals surface area contributed by atoms with Gasteiger partial charge in [-0.1, -0.05) is 47.6 Å². The van der Waals surface area contributed by atoms with Crippen molar-refractivity contribution in [3.63, 3.8) is 0 Å². The average molecular weight is 536 g/mol. The van der Waals surface area contributed by atoms with Crippen LogP contribution in [0.15, 0.2) is 18.2 Å². The van der Waals surface area contributed by atoms with Gasteiger partial charge in [-0.2, -0.15) is 0 Å². The van der Waals surface area contributed by atoms with E-state index >= 15 is 0 Å².